The van der Waals surface area contributed by atoms with E-state index in [1.807, 2.05) is 6.92 Å². The second-order valence-electron chi connectivity index (χ2n) is 5.97. The Morgan fingerprint density at radius 2 is 1.86 bits per heavy atom. The lowest BCUT2D eigenvalue weighted by Gasteiger charge is -2.08. The number of nitrogens with zero attached hydrogens (tertiary/aromatic N) is 2. The van der Waals surface area contributed by atoms with Crippen LogP contribution in [0.3, 0.4) is 0 Å². The average Bonchev–Trinajstić information content (AvgIpc) is 3.13. The minimum absolute atomic E-state index is 0.169. The first kappa shape index (κ1) is 19.9. The Morgan fingerprint density at radius 3 is 2.57 bits per heavy atom. The zero-order valence-electron chi connectivity index (χ0n) is 14.8. The number of rotatable bonds is 6. The lowest BCUT2D eigenvalue weighted by molar-refractivity contribution is -0.116. The molecule has 0 fully saturated rings. The maximum absolute atomic E-state index is 12.9. The molecule has 0 aliphatic rings. The summed E-state index contributed by atoms with van der Waals surface area (Å²) in [6.45, 7) is 1.86. The third-order valence-corrected chi connectivity index (χ3v) is 5.01. The van der Waals surface area contributed by atoms with Crippen molar-refractivity contribution in [2.24, 2.45) is 0 Å². The molecule has 144 valence electrons. The highest BCUT2D eigenvalue weighted by Gasteiger charge is 2.14. The van der Waals surface area contributed by atoms with Crippen LogP contribution in [0.25, 0.3) is 0 Å². The van der Waals surface area contributed by atoms with E-state index >= 15 is 0 Å². The van der Waals surface area contributed by atoms with Gasteiger partial charge in [0.2, 0.25) is 10.9 Å². The van der Waals surface area contributed by atoms with Crippen LogP contribution in [0.5, 0.6) is 0 Å². The maximum atomic E-state index is 12.9. The molecule has 9 heteroatoms. The fraction of sp³-hybridized carbons (Fsp3) is 0.158. The fourth-order valence-electron chi connectivity index (χ4n) is 2.36. The molecule has 2 amide bonds. The summed E-state index contributed by atoms with van der Waals surface area (Å²) in [5, 5.41) is 14.6. The van der Waals surface area contributed by atoms with Crippen molar-refractivity contribution in [1.29, 1.82) is 0 Å². The third-order valence-electron chi connectivity index (χ3n) is 3.79. The van der Waals surface area contributed by atoms with Crippen molar-refractivity contribution >= 4 is 46.1 Å². The molecule has 2 aromatic carbocycles. The lowest BCUT2D eigenvalue weighted by Crippen LogP contribution is -2.13. The highest BCUT2D eigenvalue weighted by molar-refractivity contribution is 7.13. The number of nitrogens with one attached hydrogen (secondary N) is 2. The average molecular weight is 419 g/mol. The van der Waals surface area contributed by atoms with Crippen LogP contribution < -0.4 is 10.6 Å². The molecule has 0 unspecified atom stereocenters. The fourth-order valence-corrected chi connectivity index (χ4v) is 3.33. The predicted octanol–water partition coefficient (Wildman–Crippen LogP) is 4.46. The summed E-state index contributed by atoms with van der Waals surface area (Å²) >= 11 is 7.02. The molecule has 0 aliphatic heterocycles. The Hall–Kier alpha value is -2.84. The second-order valence-corrected chi connectivity index (χ2v) is 7.47. The second kappa shape index (κ2) is 8.90. The zero-order valence-corrected chi connectivity index (χ0v) is 16.4. The number of aromatic nitrogens is 2. The van der Waals surface area contributed by atoms with E-state index in [9.17, 15) is 14.0 Å². The van der Waals surface area contributed by atoms with E-state index in [2.05, 4.69) is 20.8 Å². The Kier molecular flexibility index (Phi) is 6.33. The number of carbonyl (C=O) groups is 2. The van der Waals surface area contributed by atoms with Crippen LogP contribution in [0.15, 0.2) is 42.5 Å². The Labute approximate surface area is 169 Å². The van der Waals surface area contributed by atoms with Crippen LogP contribution >= 0.6 is 22.9 Å². The van der Waals surface area contributed by atoms with E-state index in [-0.39, 0.29) is 23.2 Å². The topological polar surface area (TPSA) is 84.0 Å². The summed E-state index contributed by atoms with van der Waals surface area (Å²) in [4.78, 5) is 24.3. The summed E-state index contributed by atoms with van der Waals surface area (Å²) in [6, 6.07) is 10.6. The number of hydrogen-bond donors (Lipinski definition) is 2. The van der Waals surface area contributed by atoms with E-state index in [0.717, 1.165) is 16.9 Å². The number of aryl methyl sites for hydroxylation is 2. The minimum atomic E-state index is -0.434. The molecule has 28 heavy (non-hydrogen) atoms. The van der Waals surface area contributed by atoms with Crippen molar-refractivity contribution in [3.63, 3.8) is 0 Å². The smallest absolute Gasteiger partial charge is 0.286 e. The zero-order chi connectivity index (χ0) is 20.1. The Balaban J connectivity index is 1.53. The van der Waals surface area contributed by atoms with Crippen molar-refractivity contribution in [1.82, 2.24) is 10.2 Å². The van der Waals surface area contributed by atoms with E-state index < -0.39 is 5.91 Å². The van der Waals surface area contributed by atoms with Gasteiger partial charge in [0.25, 0.3) is 5.91 Å². The van der Waals surface area contributed by atoms with Crippen LogP contribution in [-0.2, 0) is 11.2 Å². The van der Waals surface area contributed by atoms with Gasteiger partial charge in [-0.05, 0) is 55.0 Å². The van der Waals surface area contributed by atoms with Crippen LogP contribution in [-0.4, -0.2) is 22.0 Å². The SMILES string of the molecule is Cc1cc(Cl)ccc1NC(=O)CCc1nnc(C(=O)Nc2ccc(F)cc2)s1. The minimum Gasteiger partial charge on any atom is -0.326 e. The Bertz CT molecular complexity index is 1010. The molecule has 3 aromatic rings. The number of anilines is 2. The van der Waals surface area contributed by atoms with Crippen molar-refractivity contribution in [3.05, 3.63) is 68.9 Å². The molecule has 6 nitrogen and oxygen atoms in total. The molecule has 1 heterocycles. The number of halogens is 2. The van der Waals surface area contributed by atoms with Gasteiger partial charge in [0.15, 0.2) is 0 Å². The molecule has 0 radical (unpaired) electrons. The maximum Gasteiger partial charge on any atom is 0.286 e. The van der Waals surface area contributed by atoms with Gasteiger partial charge in [0.05, 0.1) is 0 Å². The molecule has 0 saturated heterocycles. The first-order valence-electron chi connectivity index (χ1n) is 8.36. The van der Waals surface area contributed by atoms with E-state index in [1.54, 1.807) is 18.2 Å². The predicted molar refractivity (Wildman–Crippen MR) is 107 cm³/mol. The highest BCUT2D eigenvalue weighted by Crippen LogP contribution is 2.20. The number of amides is 2. The normalized spacial score (nSPS) is 10.5. The first-order valence-corrected chi connectivity index (χ1v) is 9.55. The van der Waals surface area contributed by atoms with Crippen LogP contribution in [0.2, 0.25) is 5.02 Å². The van der Waals surface area contributed by atoms with Crippen LogP contribution in [0, 0.1) is 12.7 Å². The van der Waals surface area contributed by atoms with Crippen molar-refractivity contribution in [2.75, 3.05) is 10.6 Å². The lowest BCUT2D eigenvalue weighted by atomic mass is 10.2. The summed E-state index contributed by atoms with van der Waals surface area (Å²) in [7, 11) is 0. The number of hydrogen-bond acceptors (Lipinski definition) is 5. The van der Waals surface area contributed by atoms with Gasteiger partial charge in [-0.2, -0.15) is 0 Å². The molecule has 0 spiro atoms. The van der Waals surface area contributed by atoms with Gasteiger partial charge >= 0.3 is 0 Å². The largest absolute Gasteiger partial charge is 0.326 e. The van der Waals surface area contributed by atoms with Gasteiger partial charge in [-0.25, -0.2) is 4.39 Å². The van der Waals surface area contributed by atoms with Crippen molar-refractivity contribution in [3.8, 4) is 0 Å². The summed E-state index contributed by atoms with van der Waals surface area (Å²) in [6.07, 6.45) is 0.566. The molecule has 0 atom stereocenters. The molecule has 0 bridgehead atoms. The van der Waals surface area contributed by atoms with Gasteiger partial charge in [-0.3, -0.25) is 9.59 Å². The van der Waals surface area contributed by atoms with Crippen LogP contribution in [0.1, 0.15) is 26.8 Å². The molecule has 2 N–H and O–H groups in total. The van der Waals surface area contributed by atoms with Gasteiger partial charge in [0, 0.05) is 29.2 Å². The molecular formula is C19H16ClFN4O2S. The summed E-state index contributed by atoms with van der Waals surface area (Å²) < 4.78 is 12.9. The quantitative estimate of drug-likeness (QED) is 0.618. The van der Waals surface area contributed by atoms with E-state index in [0.29, 0.717) is 27.8 Å². The van der Waals surface area contributed by atoms with E-state index in [1.165, 1.54) is 24.3 Å². The number of benzene rings is 2. The van der Waals surface area contributed by atoms with Gasteiger partial charge < -0.3 is 10.6 Å². The summed E-state index contributed by atoms with van der Waals surface area (Å²) in [5.41, 5.74) is 2.03. The van der Waals surface area contributed by atoms with E-state index in [4.69, 9.17) is 11.6 Å². The molecule has 1 aromatic heterocycles. The molecule has 3 rings (SSSR count). The van der Waals surface area contributed by atoms with Crippen molar-refractivity contribution < 1.29 is 14.0 Å². The van der Waals surface area contributed by atoms with Crippen molar-refractivity contribution in [2.45, 2.75) is 19.8 Å². The van der Waals surface area contributed by atoms with Crippen LogP contribution in [0.4, 0.5) is 15.8 Å². The standard InChI is InChI=1S/C19H16ClFN4O2S/c1-11-10-12(20)2-7-15(11)23-16(26)8-9-17-24-25-19(28-17)18(27)22-14-5-3-13(21)4-6-14/h2-7,10H,8-9H2,1H3,(H,22,27)(H,23,26). The third kappa shape index (κ3) is 5.34. The summed E-state index contributed by atoms with van der Waals surface area (Å²) in [5.74, 6) is -0.988. The molecule has 0 aliphatic carbocycles. The molecular weight excluding hydrogens is 403 g/mol. The van der Waals surface area contributed by atoms with Gasteiger partial charge in [-0.15, -0.1) is 10.2 Å². The van der Waals surface area contributed by atoms with Gasteiger partial charge in [0.1, 0.15) is 10.8 Å². The highest BCUT2D eigenvalue weighted by atomic mass is 35.5. The monoisotopic (exact) mass is 418 g/mol. The number of carbonyl (C=O) groups excluding carboxylic acids is 2. The Morgan fingerprint density at radius 1 is 1.11 bits per heavy atom. The first-order chi connectivity index (χ1) is 13.4. The van der Waals surface area contributed by atoms with Gasteiger partial charge in [-0.1, -0.05) is 22.9 Å². The molecule has 0 saturated carbocycles.